The Labute approximate surface area is 117 Å². The lowest BCUT2D eigenvalue weighted by Crippen LogP contribution is -2.27. The highest BCUT2D eigenvalue weighted by molar-refractivity contribution is 6.30. The number of piperidine rings is 1. The van der Waals surface area contributed by atoms with Gasteiger partial charge >= 0.3 is 0 Å². The summed E-state index contributed by atoms with van der Waals surface area (Å²) in [5.74, 6) is 1.42. The molecular formula is C14H16ClN3O. The smallest absolute Gasteiger partial charge is 0.243 e. The van der Waals surface area contributed by atoms with E-state index in [2.05, 4.69) is 15.5 Å². The van der Waals surface area contributed by atoms with Crippen LogP contribution in [-0.2, 0) is 6.42 Å². The number of halogens is 1. The zero-order valence-corrected chi connectivity index (χ0v) is 11.4. The molecule has 1 aliphatic heterocycles. The molecule has 1 N–H and O–H groups in total. The summed E-state index contributed by atoms with van der Waals surface area (Å²) in [7, 11) is 0. The molecule has 1 aliphatic rings. The highest BCUT2D eigenvalue weighted by Gasteiger charge is 2.20. The van der Waals surface area contributed by atoms with Crippen molar-refractivity contribution in [1.82, 2.24) is 15.5 Å². The highest BCUT2D eigenvalue weighted by atomic mass is 35.5. The zero-order valence-electron chi connectivity index (χ0n) is 10.6. The van der Waals surface area contributed by atoms with Gasteiger partial charge in [0.2, 0.25) is 5.89 Å². The fourth-order valence-corrected chi connectivity index (χ4v) is 2.59. The average Bonchev–Trinajstić information content (AvgIpc) is 2.88. The van der Waals surface area contributed by atoms with Crippen molar-refractivity contribution in [2.75, 3.05) is 6.54 Å². The maximum absolute atomic E-state index is 5.96. The van der Waals surface area contributed by atoms with Gasteiger partial charge in [-0.2, -0.15) is 4.98 Å². The summed E-state index contributed by atoms with van der Waals surface area (Å²) in [6.45, 7) is 1.02. The molecule has 1 aromatic carbocycles. The summed E-state index contributed by atoms with van der Waals surface area (Å²) in [6.07, 6.45) is 4.15. The van der Waals surface area contributed by atoms with Crippen molar-refractivity contribution in [3.63, 3.8) is 0 Å². The standard InChI is InChI=1S/C14H16ClN3O/c15-11-5-3-4-10(8-11)9-13-17-14(19-18-13)12-6-1-2-7-16-12/h3-5,8,12,16H,1-2,6-7,9H2. The maximum Gasteiger partial charge on any atom is 0.243 e. The molecule has 2 heterocycles. The topological polar surface area (TPSA) is 51.0 Å². The number of benzene rings is 1. The number of nitrogens with zero attached hydrogens (tertiary/aromatic N) is 2. The molecule has 100 valence electrons. The lowest BCUT2D eigenvalue weighted by molar-refractivity contribution is 0.296. The fraction of sp³-hybridized carbons (Fsp3) is 0.429. The van der Waals surface area contributed by atoms with Crippen LogP contribution in [-0.4, -0.2) is 16.7 Å². The molecule has 19 heavy (non-hydrogen) atoms. The van der Waals surface area contributed by atoms with Gasteiger partial charge in [0.15, 0.2) is 5.82 Å². The Morgan fingerprint density at radius 1 is 1.37 bits per heavy atom. The normalized spacial score (nSPS) is 19.5. The van der Waals surface area contributed by atoms with Crippen LogP contribution in [0, 0.1) is 0 Å². The van der Waals surface area contributed by atoms with Gasteiger partial charge in [0, 0.05) is 11.4 Å². The van der Waals surface area contributed by atoms with Crippen molar-refractivity contribution >= 4 is 11.6 Å². The third-order valence-corrected chi connectivity index (χ3v) is 3.58. The average molecular weight is 278 g/mol. The van der Waals surface area contributed by atoms with Crippen LogP contribution in [0.25, 0.3) is 0 Å². The second-order valence-electron chi connectivity index (χ2n) is 4.86. The number of rotatable bonds is 3. The highest BCUT2D eigenvalue weighted by Crippen LogP contribution is 2.22. The van der Waals surface area contributed by atoms with Gasteiger partial charge in [-0.25, -0.2) is 0 Å². The number of hydrogen-bond acceptors (Lipinski definition) is 4. The monoisotopic (exact) mass is 277 g/mol. The van der Waals surface area contributed by atoms with Crippen LogP contribution in [0.15, 0.2) is 28.8 Å². The molecule has 0 aliphatic carbocycles. The Morgan fingerprint density at radius 2 is 2.32 bits per heavy atom. The van der Waals surface area contributed by atoms with Gasteiger partial charge in [-0.1, -0.05) is 35.3 Å². The van der Waals surface area contributed by atoms with E-state index < -0.39 is 0 Å². The molecule has 0 saturated carbocycles. The van der Waals surface area contributed by atoms with Gasteiger partial charge in [0.25, 0.3) is 0 Å². The van der Waals surface area contributed by atoms with E-state index >= 15 is 0 Å². The minimum Gasteiger partial charge on any atom is -0.338 e. The lowest BCUT2D eigenvalue weighted by atomic mass is 10.1. The third-order valence-electron chi connectivity index (χ3n) is 3.34. The van der Waals surface area contributed by atoms with Crippen LogP contribution in [0.1, 0.15) is 42.6 Å². The molecule has 0 amide bonds. The van der Waals surface area contributed by atoms with Gasteiger partial charge < -0.3 is 9.84 Å². The van der Waals surface area contributed by atoms with Crippen LogP contribution in [0.2, 0.25) is 5.02 Å². The summed E-state index contributed by atoms with van der Waals surface area (Å²) in [5.41, 5.74) is 1.09. The second kappa shape index (κ2) is 5.72. The Kier molecular flexibility index (Phi) is 3.80. The molecule has 0 bridgehead atoms. The first-order valence-corrected chi connectivity index (χ1v) is 6.99. The van der Waals surface area contributed by atoms with E-state index in [1.807, 2.05) is 24.3 Å². The molecule has 5 heteroatoms. The van der Waals surface area contributed by atoms with Gasteiger partial charge in [0.1, 0.15) is 0 Å². The van der Waals surface area contributed by atoms with Gasteiger partial charge in [-0.3, -0.25) is 0 Å². The third kappa shape index (κ3) is 3.14. The van der Waals surface area contributed by atoms with E-state index in [4.69, 9.17) is 16.1 Å². The predicted octanol–water partition coefficient (Wildman–Crippen LogP) is 3.13. The Morgan fingerprint density at radius 3 is 3.11 bits per heavy atom. The van der Waals surface area contributed by atoms with Crippen molar-refractivity contribution < 1.29 is 4.52 Å². The van der Waals surface area contributed by atoms with Gasteiger partial charge in [0.05, 0.1) is 6.04 Å². The maximum atomic E-state index is 5.96. The van der Waals surface area contributed by atoms with Crippen LogP contribution >= 0.6 is 11.6 Å². The molecule has 1 unspecified atom stereocenters. The first-order valence-electron chi connectivity index (χ1n) is 6.61. The lowest BCUT2D eigenvalue weighted by Gasteiger charge is -2.19. The van der Waals surface area contributed by atoms with E-state index in [0.29, 0.717) is 18.1 Å². The molecular weight excluding hydrogens is 262 g/mol. The molecule has 4 nitrogen and oxygen atoms in total. The quantitative estimate of drug-likeness (QED) is 0.936. The molecule has 1 aromatic heterocycles. The van der Waals surface area contributed by atoms with E-state index in [0.717, 1.165) is 23.6 Å². The number of aromatic nitrogens is 2. The SMILES string of the molecule is Clc1cccc(Cc2noc(C3CCCCN3)n2)c1. The number of hydrogen-bond donors (Lipinski definition) is 1. The zero-order chi connectivity index (χ0) is 13.1. The van der Waals surface area contributed by atoms with E-state index in [1.54, 1.807) is 0 Å². The van der Waals surface area contributed by atoms with Crippen LogP contribution in [0.5, 0.6) is 0 Å². The summed E-state index contributed by atoms with van der Waals surface area (Å²) in [5, 5.41) is 8.18. The van der Waals surface area contributed by atoms with Crippen LogP contribution in [0.4, 0.5) is 0 Å². The number of nitrogens with one attached hydrogen (secondary N) is 1. The van der Waals surface area contributed by atoms with Gasteiger partial charge in [-0.15, -0.1) is 0 Å². The van der Waals surface area contributed by atoms with Crippen LogP contribution < -0.4 is 5.32 Å². The summed E-state index contributed by atoms with van der Waals surface area (Å²) in [4.78, 5) is 4.48. The molecule has 1 atom stereocenters. The molecule has 3 rings (SSSR count). The molecule has 0 radical (unpaired) electrons. The predicted molar refractivity (Wildman–Crippen MR) is 73.2 cm³/mol. The molecule has 0 spiro atoms. The molecule has 2 aromatic rings. The fourth-order valence-electron chi connectivity index (χ4n) is 2.37. The molecule has 1 saturated heterocycles. The Bertz CT molecular complexity index is 549. The van der Waals surface area contributed by atoms with E-state index in [-0.39, 0.29) is 6.04 Å². The summed E-state index contributed by atoms with van der Waals surface area (Å²) >= 11 is 5.96. The van der Waals surface area contributed by atoms with Crippen molar-refractivity contribution in [2.45, 2.75) is 31.7 Å². The van der Waals surface area contributed by atoms with E-state index in [1.165, 1.54) is 12.8 Å². The largest absolute Gasteiger partial charge is 0.338 e. The summed E-state index contributed by atoms with van der Waals surface area (Å²) in [6, 6.07) is 7.95. The summed E-state index contributed by atoms with van der Waals surface area (Å²) < 4.78 is 5.35. The Hall–Kier alpha value is -1.39. The minimum absolute atomic E-state index is 0.217. The van der Waals surface area contributed by atoms with Crippen molar-refractivity contribution in [3.05, 3.63) is 46.6 Å². The first-order chi connectivity index (χ1) is 9.31. The second-order valence-corrected chi connectivity index (χ2v) is 5.29. The Balaban J connectivity index is 1.70. The minimum atomic E-state index is 0.217. The van der Waals surface area contributed by atoms with Crippen molar-refractivity contribution in [1.29, 1.82) is 0 Å². The molecule has 1 fully saturated rings. The van der Waals surface area contributed by atoms with Crippen LogP contribution in [0.3, 0.4) is 0 Å². The van der Waals surface area contributed by atoms with E-state index in [9.17, 15) is 0 Å². The first kappa shape index (κ1) is 12.6. The van der Waals surface area contributed by atoms with Crippen molar-refractivity contribution in [2.24, 2.45) is 0 Å². The van der Waals surface area contributed by atoms with Gasteiger partial charge in [-0.05, 0) is 37.1 Å². The van der Waals surface area contributed by atoms with Crippen molar-refractivity contribution in [3.8, 4) is 0 Å².